The molecule has 4 aromatic carbocycles. The maximum absolute atomic E-state index is 13.9. The minimum absolute atomic E-state index is 0.220. The number of nitrogens with zero attached hydrogens (tertiary/aromatic N) is 1. The molecule has 0 spiro atoms. The number of carbonyl (C=O) groups is 1. The van der Waals surface area contributed by atoms with Crippen LogP contribution in [0.5, 0.6) is 0 Å². The topological polar surface area (TPSA) is 20.3 Å². The second kappa shape index (κ2) is 10.1. The largest absolute Gasteiger partial charge is 0.338 e. The third kappa shape index (κ3) is 4.82. The van der Waals surface area contributed by atoms with E-state index in [1.807, 2.05) is 12.1 Å². The van der Waals surface area contributed by atoms with Crippen molar-refractivity contribution in [2.45, 2.75) is 38.6 Å². The maximum atomic E-state index is 13.9. The molecule has 170 valence electrons. The molecule has 0 fully saturated rings. The van der Waals surface area contributed by atoms with Gasteiger partial charge in [-0.1, -0.05) is 103 Å². The molecule has 0 unspecified atom stereocenters. The van der Waals surface area contributed by atoms with Gasteiger partial charge in [0.25, 0.3) is 0 Å². The number of amides is 1. The van der Waals surface area contributed by atoms with Crippen LogP contribution in [0.15, 0.2) is 103 Å². The number of hydrogen-bond acceptors (Lipinski definition) is 1. The fraction of sp³-hybridized carbons (Fsp3) is 0.219. The molecule has 0 atom stereocenters. The van der Waals surface area contributed by atoms with Crippen molar-refractivity contribution >= 4 is 5.91 Å². The molecule has 1 aliphatic carbocycles. The molecule has 5 rings (SSSR count). The Morgan fingerprint density at radius 2 is 1.38 bits per heavy atom. The molecule has 0 heterocycles. The lowest BCUT2D eigenvalue weighted by Gasteiger charge is -2.30. The third-order valence-corrected chi connectivity index (χ3v) is 7.10. The molecule has 0 saturated carbocycles. The first-order valence-corrected chi connectivity index (χ1v) is 12.2. The first-order valence-electron chi connectivity index (χ1n) is 12.2. The van der Waals surface area contributed by atoms with Crippen LogP contribution in [0.1, 0.15) is 27.8 Å². The fourth-order valence-corrected chi connectivity index (χ4v) is 5.24. The van der Waals surface area contributed by atoms with Crippen LogP contribution >= 0.6 is 0 Å². The van der Waals surface area contributed by atoms with Gasteiger partial charge < -0.3 is 4.90 Å². The van der Waals surface area contributed by atoms with Gasteiger partial charge in [0, 0.05) is 12.6 Å². The Labute approximate surface area is 202 Å². The number of rotatable bonds is 7. The van der Waals surface area contributed by atoms with E-state index in [-0.39, 0.29) is 11.9 Å². The van der Waals surface area contributed by atoms with Gasteiger partial charge in [0.1, 0.15) is 0 Å². The van der Waals surface area contributed by atoms with Crippen LogP contribution in [0, 0.1) is 6.92 Å². The summed E-state index contributed by atoms with van der Waals surface area (Å²) in [7, 11) is 0. The number of fused-ring (bicyclic) bond motifs is 1. The Hall–Kier alpha value is -3.65. The lowest BCUT2D eigenvalue weighted by molar-refractivity contribution is -0.132. The van der Waals surface area contributed by atoms with Gasteiger partial charge in [-0.05, 0) is 65.1 Å². The normalized spacial score (nSPS) is 13.0. The summed E-state index contributed by atoms with van der Waals surface area (Å²) in [5.74, 6) is 0.222. The second-order valence-electron chi connectivity index (χ2n) is 9.30. The molecule has 0 saturated heterocycles. The fourth-order valence-electron chi connectivity index (χ4n) is 5.24. The summed E-state index contributed by atoms with van der Waals surface area (Å²) in [6, 6.07) is 36.1. The van der Waals surface area contributed by atoms with E-state index in [4.69, 9.17) is 0 Å². The van der Waals surface area contributed by atoms with E-state index in [2.05, 4.69) is 103 Å². The molecule has 1 amide bonds. The average Bonchev–Trinajstić information content (AvgIpc) is 3.30. The number of aryl methyl sites for hydroxylation is 1. The summed E-state index contributed by atoms with van der Waals surface area (Å²) in [5, 5.41) is 0. The SMILES string of the molecule is Cc1cccc(-c2ccccc2)c1CC(=O)N(CCc1ccccc1)C1Cc2ccccc2C1. The number of hydrogen-bond donors (Lipinski definition) is 0. The monoisotopic (exact) mass is 445 g/mol. The molecule has 0 N–H and O–H groups in total. The third-order valence-electron chi connectivity index (χ3n) is 7.10. The van der Waals surface area contributed by atoms with Crippen molar-refractivity contribution < 1.29 is 4.79 Å². The van der Waals surface area contributed by atoms with Crippen LogP contribution in [-0.2, 0) is 30.5 Å². The number of benzene rings is 4. The Kier molecular flexibility index (Phi) is 6.58. The molecule has 0 radical (unpaired) electrons. The smallest absolute Gasteiger partial charge is 0.227 e. The zero-order chi connectivity index (χ0) is 23.3. The van der Waals surface area contributed by atoms with Crippen molar-refractivity contribution in [1.82, 2.24) is 4.90 Å². The van der Waals surface area contributed by atoms with E-state index in [0.717, 1.165) is 42.5 Å². The lowest BCUT2D eigenvalue weighted by Crippen LogP contribution is -2.43. The van der Waals surface area contributed by atoms with Crippen molar-refractivity contribution in [3.8, 4) is 11.1 Å². The van der Waals surface area contributed by atoms with Gasteiger partial charge in [0.2, 0.25) is 5.91 Å². The average molecular weight is 446 g/mol. The van der Waals surface area contributed by atoms with E-state index < -0.39 is 0 Å². The molecule has 34 heavy (non-hydrogen) atoms. The van der Waals surface area contributed by atoms with E-state index >= 15 is 0 Å². The van der Waals surface area contributed by atoms with Gasteiger partial charge in [-0.3, -0.25) is 4.79 Å². The highest BCUT2D eigenvalue weighted by atomic mass is 16.2. The van der Waals surface area contributed by atoms with Gasteiger partial charge in [-0.2, -0.15) is 0 Å². The van der Waals surface area contributed by atoms with Crippen molar-refractivity contribution in [2.75, 3.05) is 6.54 Å². The molecule has 4 aromatic rings. The minimum atomic E-state index is 0.220. The summed E-state index contributed by atoms with van der Waals surface area (Å²) >= 11 is 0. The van der Waals surface area contributed by atoms with Gasteiger partial charge in [-0.25, -0.2) is 0 Å². The Bertz CT molecular complexity index is 1240. The van der Waals surface area contributed by atoms with Crippen LogP contribution in [0.3, 0.4) is 0 Å². The van der Waals surface area contributed by atoms with Crippen LogP contribution in [0.4, 0.5) is 0 Å². The summed E-state index contributed by atoms with van der Waals surface area (Å²) in [5.41, 5.74) is 8.67. The molecular weight excluding hydrogens is 414 g/mol. The molecule has 0 aromatic heterocycles. The molecule has 2 nitrogen and oxygen atoms in total. The Morgan fingerprint density at radius 3 is 2.06 bits per heavy atom. The van der Waals surface area contributed by atoms with Crippen LogP contribution in [0.25, 0.3) is 11.1 Å². The molecule has 0 aliphatic heterocycles. The van der Waals surface area contributed by atoms with Gasteiger partial charge in [0.05, 0.1) is 6.42 Å². The van der Waals surface area contributed by atoms with Crippen molar-refractivity contribution in [1.29, 1.82) is 0 Å². The standard InChI is InChI=1S/C32H31NO/c1-24-11-10-18-30(26-14-6-3-7-15-26)31(24)23-32(34)33(20-19-25-12-4-2-5-13-25)29-21-27-16-8-9-17-28(27)22-29/h2-18,29H,19-23H2,1H3. The van der Waals surface area contributed by atoms with Crippen LogP contribution in [-0.4, -0.2) is 23.4 Å². The summed E-state index contributed by atoms with van der Waals surface area (Å²) < 4.78 is 0. The summed E-state index contributed by atoms with van der Waals surface area (Å²) in [6.45, 7) is 2.86. The van der Waals surface area contributed by atoms with Crippen LogP contribution < -0.4 is 0 Å². The van der Waals surface area contributed by atoms with E-state index in [9.17, 15) is 4.79 Å². The van der Waals surface area contributed by atoms with Gasteiger partial charge in [0.15, 0.2) is 0 Å². The van der Waals surface area contributed by atoms with Crippen molar-refractivity contribution in [3.05, 3.63) is 131 Å². The van der Waals surface area contributed by atoms with E-state index in [1.165, 1.54) is 22.3 Å². The molecule has 2 heteroatoms. The molecule has 0 bridgehead atoms. The van der Waals surface area contributed by atoms with Crippen molar-refractivity contribution in [3.63, 3.8) is 0 Å². The second-order valence-corrected chi connectivity index (χ2v) is 9.30. The summed E-state index contributed by atoms with van der Waals surface area (Å²) in [4.78, 5) is 16.1. The van der Waals surface area contributed by atoms with Crippen LogP contribution in [0.2, 0.25) is 0 Å². The predicted octanol–water partition coefficient (Wildman–Crippen LogP) is 6.44. The highest BCUT2D eigenvalue weighted by Crippen LogP contribution is 2.29. The predicted molar refractivity (Wildman–Crippen MR) is 140 cm³/mol. The quantitative estimate of drug-likeness (QED) is 0.320. The first kappa shape index (κ1) is 22.2. The molecule has 1 aliphatic rings. The zero-order valence-electron chi connectivity index (χ0n) is 19.8. The van der Waals surface area contributed by atoms with E-state index in [0.29, 0.717) is 6.42 Å². The minimum Gasteiger partial charge on any atom is -0.338 e. The van der Waals surface area contributed by atoms with Crippen molar-refractivity contribution in [2.24, 2.45) is 0 Å². The van der Waals surface area contributed by atoms with E-state index in [1.54, 1.807) is 0 Å². The highest BCUT2D eigenvalue weighted by molar-refractivity contribution is 5.83. The maximum Gasteiger partial charge on any atom is 0.227 e. The lowest BCUT2D eigenvalue weighted by atomic mass is 9.93. The summed E-state index contributed by atoms with van der Waals surface area (Å²) in [6.07, 6.45) is 3.18. The first-order chi connectivity index (χ1) is 16.7. The van der Waals surface area contributed by atoms with Gasteiger partial charge >= 0.3 is 0 Å². The van der Waals surface area contributed by atoms with Gasteiger partial charge in [-0.15, -0.1) is 0 Å². The number of carbonyl (C=O) groups excluding carboxylic acids is 1. The highest BCUT2D eigenvalue weighted by Gasteiger charge is 2.30. The Morgan fingerprint density at radius 1 is 0.765 bits per heavy atom. The zero-order valence-corrected chi connectivity index (χ0v) is 19.8. The molecular formula is C32H31NO. The Balaban J connectivity index is 1.42.